The van der Waals surface area contributed by atoms with Gasteiger partial charge in [0, 0.05) is 8.07 Å². The molecule has 1 saturated heterocycles. The number of esters is 1. The van der Waals surface area contributed by atoms with E-state index in [1.807, 2.05) is 20.8 Å². The Balaban J connectivity index is 0.000000735. The molecule has 0 radical (unpaired) electrons. The Labute approximate surface area is 319 Å². The standard InChI is InChI=1S/C15H30O2Si.C11H30O4Si4.C10H26OSi2/c1-7-15(2,3)14(16)17-12-8-10-13(11-9-12)18(4,5)6;1-10-11(2)19(9)14-17(5,6)12-16(3,4)13-18(7,8)15-19;1-8-10(2)9-13(6,7)11-12(3,4)5/h12-13H,7-11H2,1-6H3;11H,10H2,1-9H3;10H,8-9H2,1-7H3. The van der Waals surface area contributed by atoms with Crippen molar-refractivity contribution in [3.8, 4) is 0 Å². The third-order valence-corrected chi connectivity index (χ3v) is 36.7. The highest BCUT2D eigenvalue weighted by Crippen LogP contribution is 2.39. The third-order valence-electron chi connectivity index (χ3n) is 10.1. The van der Waals surface area contributed by atoms with E-state index < -0.39 is 59.0 Å². The average molecular weight is 828 g/mol. The summed E-state index contributed by atoms with van der Waals surface area (Å²) in [6.07, 6.45) is 8.01. The van der Waals surface area contributed by atoms with Crippen molar-refractivity contribution in [2.45, 2.75) is 215 Å². The summed E-state index contributed by atoms with van der Waals surface area (Å²) in [6, 6.07) is 1.31. The Kier molecular flexibility index (Phi) is 19.9. The second-order valence-electron chi connectivity index (χ2n) is 20.1. The van der Waals surface area contributed by atoms with E-state index in [-0.39, 0.29) is 17.5 Å². The molecular formula is C36H86O7Si7. The van der Waals surface area contributed by atoms with Gasteiger partial charge in [-0.25, -0.2) is 0 Å². The average Bonchev–Trinajstić information content (AvgIpc) is 2.88. The van der Waals surface area contributed by atoms with Crippen molar-refractivity contribution in [2.75, 3.05) is 0 Å². The molecule has 0 aromatic heterocycles. The second-order valence-corrected chi connectivity index (χ2v) is 49.3. The van der Waals surface area contributed by atoms with E-state index in [9.17, 15) is 4.79 Å². The van der Waals surface area contributed by atoms with Crippen LogP contribution in [-0.4, -0.2) is 71.0 Å². The van der Waals surface area contributed by atoms with Gasteiger partial charge in [-0.1, -0.05) is 67.1 Å². The van der Waals surface area contributed by atoms with Crippen LogP contribution in [0, 0.1) is 11.3 Å². The van der Waals surface area contributed by atoms with Crippen LogP contribution in [0.1, 0.15) is 93.4 Å². The van der Waals surface area contributed by atoms with Crippen LogP contribution in [0.2, 0.25) is 115 Å². The second kappa shape index (κ2) is 19.6. The first-order chi connectivity index (χ1) is 22.1. The molecular weight excluding hydrogens is 741 g/mol. The number of ether oxygens (including phenoxy) is 1. The van der Waals surface area contributed by atoms with Crippen LogP contribution in [0.3, 0.4) is 0 Å². The van der Waals surface area contributed by atoms with Gasteiger partial charge in [-0.15, -0.1) is 0 Å². The molecule has 1 saturated carbocycles. The zero-order chi connectivity index (χ0) is 39.8. The largest absolute Gasteiger partial charge is 0.462 e. The minimum Gasteiger partial charge on any atom is -0.462 e. The minimum atomic E-state index is -2.26. The van der Waals surface area contributed by atoms with E-state index in [4.69, 9.17) is 25.3 Å². The normalized spacial score (nSPS) is 24.9. The van der Waals surface area contributed by atoms with Crippen molar-refractivity contribution < 1.29 is 30.1 Å². The van der Waals surface area contributed by atoms with Gasteiger partial charge in [0.05, 0.1) is 5.41 Å². The summed E-state index contributed by atoms with van der Waals surface area (Å²) < 4.78 is 37.6. The van der Waals surface area contributed by atoms with E-state index in [1.54, 1.807) is 0 Å². The van der Waals surface area contributed by atoms with Crippen LogP contribution in [0.4, 0.5) is 0 Å². The molecule has 50 heavy (non-hydrogen) atoms. The maximum atomic E-state index is 12.0. The Hall–Kier alpha value is 0.788. The molecule has 1 aliphatic carbocycles. The highest BCUT2D eigenvalue weighted by molar-refractivity contribution is 6.93. The molecule has 7 nitrogen and oxygen atoms in total. The van der Waals surface area contributed by atoms with Gasteiger partial charge < -0.3 is 25.3 Å². The molecule has 2 fully saturated rings. The first kappa shape index (κ1) is 50.8. The van der Waals surface area contributed by atoms with Crippen molar-refractivity contribution in [3.63, 3.8) is 0 Å². The van der Waals surface area contributed by atoms with Gasteiger partial charge >= 0.3 is 40.2 Å². The zero-order valence-corrected chi connectivity index (χ0v) is 44.3. The van der Waals surface area contributed by atoms with E-state index in [2.05, 4.69) is 126 Å². The van der Waals surface area contributed by atoms with Crippen molar-refractivity contribution in [3.05, 3.63) is 0 Å². The maximum absolute atomic E-state index is 12.0. The third kappa shape index (κ3) is 19.9. The predicted molar refractivity (Wildman–Crippen MR) is 234 cm³/mol. The molecule has 0 bridgehead atoms. The van der Waals surface area contributed by atoms with Gasteiger partial charge in [-0.3, -0.25) is 4.79 Å². The SMILES string of the molecule is CCC(C)(C)C(=O)OC1CCC([Si](C)(C)C)CC1.CCC(C)C[Si](C)(C)O[Si](C)(C)C.CCC(C)[Si]1(C)O[Si](C)(C)O[Si](C)(C)O[Si](C)(C)O1. The zero-order valence-electron chi connectivity index (χ0n) is 37.3. The van der Waals surface area contributed by atoms with Crippen LogP contribution >= 0.6 is 0 Å². The summed E-state index contributed by atoms with van der Waals surface area (Å²) in [4.78, 5) is 12.0. The number of carbonyl (C=O) groups is 1. The fourth-order valence-electron chi connectivity index (χ4n) is 7.17. The summed E-state index contributed by atoms with van der Waals surface area (Å²) in [5.74, 6) is 0.819. The maximum Gasteiger partial charge on any atom is 0.320 e. The quantitative estimate of drug-likeness (QED) is 0.152. The van der Waals surface area contributed by atoms with Crippen molar-refractivity contribution in [2.24, 2.45) is 11.3 Å². The molecule has 1 heterocycles. The highest BCUT2D eigenvalue weighted by atomic mass is 28.5. The van der Waals surface area contributed by atoms with Crippen molar-refractivity contribution >= 4 is 64.9 Å². The molecule has 2 rings (SSSR count). The summed E-state index contributed by atoms with van der Waals surface area (Å²) in [7, 11) is -12.5. The molecule has 300 valence electrons. The molecule has 14 heteroatoms. The molecule has 2 atom stereocenters. The molecule has 0 aromatic rings. The summed E-state index contributed by atoms with van der Waals surface area (Å²) in [5, 5.41) is 0. The molecule has 1 aliphatic heterocycles. The van der Waals surface area contributed by atoms with Gasteiger partial charge in [0.15, 0.2) is 16.6 Å². The summed E-state index contributed by atoms with van der Waals surface area (Å²) in [5.41, 5.74) is 1.03. The van der Waals surface area contributed by atoms with Gasteiger partial charge in [-0.2, -0.15) is 0 Å². The number of carbonyl (C=O) groups excluding carboxylic acids is 1. The number of hydrogen-bond acceptors (Lipinski definition) is 7. The lowest BCUT2D eigenvalue weighted by Crippen LogP contribution is -2.66. The first-order valence-electron chi connectivity index (χ1n) is 19.9. The highest BCUT2D eigenvalue weighted by Gasteiger charge is 2.54. The number of rotatable bonds is 11. The molecule has 0 N–H and O–H groups in total. The number of hydrogen-bond donors (Lipinski definition) is 0. The fraction of sp³-hybridized carbons (Fsp3) is 0.972. The van der Waals surface area contributed by atoms with E-state index >= 15 is 0 Å². The van der Waals surface area contributed by atoms with Crippen molar-refractivity contribution in [1.29, 1.82) is 0 Å². The molecule has 0 spiro atoms. The molecule has 0 amide bonds. The van der Waals surface area contributed by atoms with Crippen LogP contribution in [0.5, 0.6) is 0 Å². The first-order valence-corrected chi connectivity index (χ1v) is 40.8. The van der Waals surface area contributed by atoms with Gasteiger partial charge in [-0.05, 0) is 148 Å². The fourth-order valence-corrected chi connectivity index (χ4v) is 40.0. The summed E-state index contributed by atoms with van der Waals surface area (Å²) in [6.45, 7) is 48.8. The lowest BCUT2D eigenvalue weighted by atomic mass is 9.90. The van der Waals surface area contributed by atoms with Crippen LogP contribution in [0.25, 0.3) is 0 Å². The van der Waals surface area contributed by atoms with E-state index in [1.165, 1.54) is 25.3 Å². The molecule has 0 aromatic carbocycles. The Morgan fingerprint density at radius 2 is 1.14 bits per heavy atom. The van der Waals surface area contributed by atoms with Gasteiger partial charge in [0.2, 0.25) is 0 Å². The van der Waals surface area contributed by atoms with E-state index in [0.717, 1.165) is 37.1 Å². The smallest absolute Gasteiger partial charge is 0.320 e. The minimum absolute atomic E-state index is 0.0125. The Morgan fingerprint density at radius 3 is 1.48 bits per heavy atom. The van der Waals surface area contributed by atoms with E-state index in [0.29, 0.717) is 5.54 Å². The van der Waals surface area contributed by atoms with Crippen LogP contribution < -0.4 is 0 Å². The topological polar surface area (TPSA) is 72.5 Å². The lowest BCUT2D eigenvalue weighted by Gasteiger charge is -2.49. The van der Waals surface area contributed by atoms with Gasteiger partial charge in [0.25, 0.3) is 0 Å². The Morgan fingerprint density at radius 1 is 0.720 bits per heavy atom. The predicted octanol–water partition coefficient (Wildman–Crippen LogP) is 12.7. The van der Waals surface area contributed by atoms with Crippen molar-refractivity contribution in [1.82, 2.24) is 0 Å². The molecule has 2 unspecified atom stereocenters. The van der Waals surface area contributed by atoms with Gasteiger partial charge in [0.1, 0.15) is 6.10 Å². The lowest BCUT2D eigenvalue weighted by molar-refractivity contribution is -0.161. The van der Waals surface area contributed by atoms with Crippen LogP contribution in [-0.2, 0) is 30.1 Å². The van der Waals surface area contributed by atoms with Crippen LogP contribution in [0.15, 0.2) is 0 Å². The monoisotopic (exact) mass is 826 g/mol. The molecule has 2 aliphatic rings. The Bertz CT molecular complexity index is 993. The summed E-state index contributed by atoms with van der Waals surface area (Å²) >= 11 is 0.